The Morgan fingerprint density at radius 3 is 2.44 bits per heavy atom. The molecule has 1 heterocycles. The number of amides is 1. The summed E-state index contributed by atoms with van der Waals surface area (Å²) in [6.07, 6.45) is 2.31. The Bertz CT molecular complexity index is 1230. The van der Waals surface area contributed by atoms with E-state index in [0.717, 1.165) is 29.5 Å². The molecule has 0 saturated carbocycles. The average Bonchev–Trinajstić information content (AvgIpc) is 2.87. The van der Waals surface area contributed by atoms with Gasteiger partial charge >= 0.3 is 0 Å². The molecule has 0 aliphatic carbocycles. The van der Waals surface area contributed by atoms with Gasteiger partial charge in [-0.1, -0.05) is 30.3 Å². The Balaban J connectivity index is 1.47. The van der Waals surface area contributed by atoms with E-state index in [1.165, 1.54) is 0 Å². The highest BCUT2D eigenvalue weighted by Crippen LogP contribution is 2.21. The number of ether oxygens (including phenoxy) is 1. The molecule has 1 aliphatic heterocycles. The maximum absolute atomic E-state index is 13.1. The summed E-state index contributed by atoms with van der Waals surface area (Å²) in [5.41, 5.74) is 1.69. The van der Waals surface area contributed by atoms with Crippen LogP contribution < -0.4 is 14.9 Å². The quantitative estimate of drug-likeness (QED) is 0.467. The van der Waals surface area contributed by atoms with E-state index >= 15 is 0 Å². The molecule has 9 heteroatoms. The van der Waals surface area contributed by atoms with Crippen molar-refractivity contribution in [2.75, 3.05) is 48.5 Å². The number of hydrogen-bond acceptors (Lipinski definition) is 6. The summed E-state index contributed by atoms with van der Waals surface area (Å²) < 4.78 is 34.2. The average molecular weight is 500 g/mol. The van der Waals surface area contributed by atoms with Crippen molar-refractivity contribution in [2.45, 2.75) is 17.4 Å². The molecule has 4 rings (SSSR count). The molecular formula is C25H29N3O4S2. The lowest BCUT2D eigenvalue weighted by atomic mass is 10.1. The maximum atomic E-state index is 13.1. The molecule has 0 spiro atoms. The van der Waals surface area contributed by atoms with E-state index in [1.54, 1.807) is 30.0 Å². The Morgan fingerprint density at radius 1 is 1.03 bits per heavy atom. The van der Waals surface area contributed by atoms with Crippen molar-refractivity contribution in [2.24, 2.45) is 0 Å². The van der Waals surface area contributed by atoms with E-state index < -0.39 is 16.1 Å². The van der Waals surface area contributed by atoms with Crippen LogP contribution in [-0.4, -0.2) is 58.7 Å². The van der Waals surface area contributed by atoms with Gasteiger partial charge in [-0.05, 0) is 65.6 Å². The summed E-state index contributed by atoms with van der Waals surface area (Å²) in [6.45, 7) is 3.07. The third-order valence-corrected chi connectivity index (χ3v) is 7.88. The van der Waals surface area contributed by atoms with Crippen molar-refractivity contribution < 1.29 is 17.9 Å². The van der Waals surface area contributed by atoms with E-state index in [1.807, 2.05) is 54.8 Å². The van der Waals surface area contributed by atoms with Gasteiger partial charge in [0.05, 0.1) is 18.1 Å². The van der Waals surface area contributed by atoms with Gasteiger partial charge in [-0.15, -0.1) is 0 Å². The predicted octanol–water partition coefficient (Wildman–Crippen LogP) is 3.72. The second-order valence-electron chi connectivity index (χ2n) is 8.10. The number of rotatable bonds is 9. The number of fused-ring (bicyclic) bond motifs is 1. The van der Waals surface area contributed by atoms with Gasteiger partial charge in [0.1, 0.15) is 6.04 Å². The number of carbonyl (C=O) groups excluding carboxylic acids is 1. The van der Waals surface area contributed by atoms with E-state index in [9.17, 15) is 13.2 Å². The van der Waals surface area contributed by atoms with Gasteiger partial charge in [0.15, 0.2) is 0 Å². The standard InChI is InChI=1S/C25H29N3O4S2/c1-33-17-12-24(27-34(30,31)23-11-6-19-4-2-3-5-20(19)18-23)25(29)26-21-7-9-22(10-8-21)28-13-15-32-16-14-28/h2-11,18,24,27H,12-17H2,1H3,(H,26,29)/t24-/m1/s1. The molecule has 1 amide bonds. The van der Waals surface area contributed by atoms with E-state index in [2.05, 4.69) is 14.9 Å². The summed E-state index contributed by atoms with van der Waals surface area (Å²) in [5.74, 6) is 0.270. The molecule has 7 nitrogen and oxygen atoms in total. The van der Waals surface area contributed by atoms with E-state index in [0.29, 0.717) is 31.1 Å². The molecular weight excluding hydrogens is 470 g/mol. The van der Waals surface area contributed by atoms with Crippen molar-refractivity contribution >= 4 is 49.8 Å². The maximum Gasteiger partial charge on any atom is 0.242 e. The van der Waals surface area contributed by atoms with Crippen LogP contribution in [0.5, 0.6) is 0 Å². The first kappa shape index (κ1) is 24.5. The summed E-state index contributed by atoms with van der Waals surface area (Å²) in [4.78, 5) is 15.4. The van der Waals surface area contributed by atoms with E-state index in [-0.39, 0.29) is 10.8 Å². The highest BCUT2D eigenvalue weighted by atomic mass is 32.2. The number of sulfonamides is 1. The zero-order valence-corrected chi connectivity index (χ0v) is 20.7. The molecule has 1 atom stereocenters. The fourth-order valence-corrected chi connectivity index (χ4v) is 5.61. The lowest BCUT2D eigenvalue weighted by Crippen LogP contribution is -2.44. The molecule has 0 radical (unpaired) electrons. The molecule has 3 aromatic carbocycles. The number of benzene rings is 3. The number of nitrogens with zero attached hydrogens (tertiary/aromatic N) is 1. The van der Waals surface area contributed by atoms with Crippen LogP contribution in [0.15, 0.2) is 71.6 Å². The van der Waals surface area contributed by atoms with Crippen molar-refractivity contribution in [1.82, 2.24) is 4.72 Å². The summed E-state index contributed by atoms with van der Waals surface area (Å²) in [7, 11) is -3.88. The second kappa shape index (κ2) is 11.2. The first-order valence-corrected chi connectivity index (χ1v) is 14.1. The van der Waals surface area contributed by atoms with Crippen LogP contribution in [0.25, 0.3) is 10.8 Å². The Morgan fingerprint density at radius 2 is 1.74 bits per heavy atom. The topological polar surface area (TPSA) is 87.7 Å². The van der Waals surface area contributed by atoms with Crippen LogP contribution in [0.3, 0.4) is 0 Å². The number of thioether (sulfide) groups is 1. The van der Waals surface area contributed by atoms with E-state index in [4.69, 9.17) is 4.74 Å². The fourth-order valence-electron chi connectivity index (χ4n) is 3.88. The van der Waals surface area contributed by atoms with Crippen molar-refractivity contribution in [3.63, 3.8) is 0 Å². The highest BCUT2D eigenvalue weighted by molar-refractivity contribution is 7.98. The molecule has 34 heavy (non-hydrogen) atoms. The number of carbonyl (C=O) groups is 1. The normalized spacial score (nSPS) is 15.3. The van der Waals surface area contributed by atoms with Crippen LogP contribution in [0.2, 0.25) is 0 Å². The number of nitrogens with one attached hydrogen (secondary N) is 2. The lowest BCUT2D eigenvalue weighted by molar-refractivity contribution is -0.117. The summed E-state index contributed by atoms with van der Waals surface area (Å²) in [6, 6.07) is 19.2. The third-order valence-electron chi connectivity index (χ3n) is 5.77. The van der Waals surface area contributed by atoms with Crippen LogP contribution in [-0.2, 0) is 19.6 Å². The minimum absolute atomic E-state index is 0.142. The Kier molecular flexibility index (Phi) is 8.10. The van der Waals surface area contributed by atoms with Crippen LogP contribution in [0, 0.1) is 0 Å². The molecule has 0 bridgehead atoms. The monoisotopic (exact) mass is 499 g/mol. The molecule has 3 aromatic rings. The van der Waals surface area contributed by atoms with Crippen LogP contribution in [0.1, 0.15) is 6.42 Å². The third kappa shape index (κ3) is 6.09. The van der Waals surface area contributed by atoms with Gasteiger partial charge in [0.2, 0.25) is 15.9 Å². The number of hydrogen-bond donors (Lipinski definition) is 2. The van der Waals surface area contributed by atoms with Gasteiger partial charge in [-0.3, -0.25) is 4.79 Å². The fraction of sp³-hybridized carbons (Fsp3) is 0.320. The minimum Gasteiger partial charge on any atom is -0.378 e. The van der Waals surface area contributed by atoms with Gasteiger partial charge in [0.25, 0.3) is 0 Å². The lowest BCUT2D eigenvalue weighted by Gasteiger charge is -2.29. The van der Waals surface area contributed by atoms with Crippen molar-refractivity contribution in [3.8, 4) is 0 Å². The molecule has 1 aliphatic rings. The number of anilines is 2. The molecule has 1 saturated heterocycles. The Hall–Kier alpha value is -2.59. The Labute approximate surface area is 204 Å². The molecule has 0 unspecified atom stereocenters. The predicted molar refractivity (Wildman–Crippen MR) is 139 cm³/mol. The highest BCUT2D eigenvalue weighted by Gasteiger charge is 2.26. The number of morpholine rings is 1. The first-order valence-electron chi connectivity index (χ1n) is 11.2. The van der Waals surface area contributed by atoms with Gasteiger partial charge < -0.3 is 15.0 Å². The molecule has 180 valence electrons. The van der Waals surface area contributed by atoms with Gasteiger partial charge in [-0.25, -0.2) is 8.42 Å². The second-order valence-corrected chi connectivity index (χ2v) is 10.8. The van der Waals surface area contributed by atoms with Crippen LogP contribution in [0.4, 0.5) is 11.4 Å². The summed E-state index contributed by atoms with van der Waals surface area (Å²) >= 11 is 1.56. The largest absolute Gasteiger partial charge is 0.378 e. The van der Waals surface area contributed by atoms with Crippen molar-refractivity contribution in [1.29, 1.82) is 0 Å². The van der Waals surface area contributed by atoms with Gasteiger partial charge in [0, 0.05) is 24.5 Å². The smallest absolute Gasteiger partial charge is 0.242 e. The zero-order valence-electron chi connectivity index (χ0n) is 19.1. The SMILES string of the molecule is CSCC[C@@H](NS(=O)(=O)c1ccc2ccccc2c1)C(=O)Nc1ccc(N2CCOCC2)cc1. The summed E-state index contributed by atoms with van der Waals surface area (Å²) in [5, 5.41) is 4.65. The van der Waals surface area contributed by atoms with Gasteiger partial charge in [-0.2, -0.15) is 16.5 Å². The first-order chi connectivity index (χ1) is 16.5. The molecule has 1 fully saturated rings. The zero-order chi connectivity index (χ0) is 24.0. The van der Waals surface area contributed by atoms with Crippen LogP contribution >= 0.6 is 11.8 Å². The van der Waals surface area contributed by atoms with Crippen molar-refractivity contribution in [3.05, 3.63) is 66.7 Å². The molecule has 0 aromatic heterocycles. The molecule has 2 N–H and O–H groups in total. The minimum atomic E-state index is -3.88.